The van der Waals surface area contributed by atoms with Gasteiger partial charge in [0.2, 0.25) is 11.8 Å². The number of rotatable bonds is 2. The van der Waals surface area contributed by atoms with E-state index in [-0.39, 0.29) is 11.8 Å². The van der Waals surface area contributed by atoms with Gasteiger partial charge in [-0.1, -0.05) is 12.1 Å². The van der Waals surface area contributed by atoms with Crippen molar-refractivity contribution in [1.29, 1.82) is 0 Å². The molecule has 2 amide bonds. The van der Waals surface area contributed by atoms with E-state index >= 15 is 0 Å². The van der Waals surface area contributed by atoms with Gasteiger partial charge in [0.25, 0.3) is 0 Å². The highest BCUT2D eigenvalue weighted by atomic mass is 16.2. The zero-order valence-electron chi connectivity index (χ0n) is 12.1. The van der Waals surface area contributed by atoms with Crippen LogP contribution in [0.15, 0.2) is 30.5 Å². The Bertz CT molecular complexity index is 669. The van der Waals surface area contributed by atoms with Crippen molar-refractivity contribution in [1.82, 2.24) is 14.8 Å². The SMILES string of the molecule is CC(=O)N1CCN(C(=O)Cc2ccc3cc[nH]c3c2)CC1. The van der Waals surface area contributed by atoms with Crippen LogP contribution in [0.4, 0.5) is 0 Å². The fourth-order valence-corrected chi connectivity index (χ4v) is 2.76. The van der Waals surface area contributed by atoms with Crippen LogP contribution < -0.4 is 0 Å². The molecule has 0 bridgehead atoms. The summed E-state index contributed by atoms with van der Waals surface area (Å²) in [6.45, 7) is 4.10. The maximum Gasteiger partial charge on any atom is 0.227 e. The number of H-pyrrole nitrogens is 1. The summed E-state index contributed by atoms with van der Waals surface area (Å²) in [5.41, 5.74) is 2.07. The molecule has 0 saturated carbocycles. The molecule has 2 aromatic rings. The summed E-state index contributed by atoms with van der Waals surface area (Å²) in [7, 11) is 0. The zero-order chi connectivity index (χ0) is 14.8. The molecule has 3 rings (SSSR count). The molecule has 110 valence electrons. The van der Waals surface area contributed by atoms with Crippen molar-refractivity contribution in [3.63, 3.8) is 0 Å². The van der Waals surface area contributed by atoms with E-state index in [1.165, 1.54) is 0 Å². The second-order valence-electron chi connectivity index (χ2n) is 5.46. The lowest BCUT2D eigenvalue weighted by atomic mass is 10.1. The predicted octanol–water partition coefficient (Wildman–Crippen LogP) is 1.40. The first-order chi connectivity index (χ1) is 10.1. The van der Waals surface area contributed by atoms with Gasteiger partial charge in [-0.15, -0.1) is 0 Å². The van der Waals surface area contributed by atoms with Crippen molar-refractivity contribution in [2.24, 2.45) is 0 Å². The van der Waals surface area contributed by atoms with Crippen molar-refractivity contribution >= 4 is 22.7 Å². The van der Waals surface area contributed by atoms with Crippen molar-refractivity contribution in [3.05, 3.63) is 36.0 Å². The number of aromatic nitrogens is 1. The van der Waals surface area contributed by atoms with Gasteiger partial charge in [-0.25, -0.2) is 0 Å². The highest BCUT2D eigenvalue weighted by Gasteiger charge is 2.22. The van der Waals surface area contributed by atoms with Gasteiger partial charge in [0.05, 0.1) is 6.42 Å². The lowest BCUT2D eigenvalue weighted by molar-refractivity contribution is -0.138. The van der Waals surface area contributed by atoms with Gasteiger partial charge >= 0.3 is 0 Å². The zero-order valence-corrected chi connectivity index (χ0v) is 12.1. The molecule has 1 aliphatic rings. The fourth-order valence-electron chi connectivity index (χ4n) is 2.76. The molecule has 1 fully saturated rings. The minimum Gasteiger partial charge on any atom is -0.361 e. The normalized spacial score (nSPS) is 15.5. The van der Waals surface area contributed by atoms with Crippen molar-refractivity contribution < 1.29 is 9.59 Å². The molecule has 1 aromatic carbocycles. The minimum absolute atomic E-state index is 0.0827. The number of fused-ring (bicyclic) bond motifs is 1. The van der Waals surface area contributed by atoms with E-state index in [0.717, 1.165) is 16.5 Å². The van der Waals surface area contributed by atoms with Crippen LogP contribution in [0, 0.1) is 0 Å². The van der Waals surface area contributed by atoms with Gasteiger partial charge in [-0.3, -0.25) is 9.59 Å². The van der Waals surface area contributed by atoms with Crippen LogP contribution in [0.1, 0.15) is 12.5 Å². The third-order valence-corrected chi connectivity index (χ3v) is 4.05. The van der Waals surface area contributed by atoms with E-state index in [2.05, 4.69) is 4.98 Å². The minimum atomic E-state index is 0.0827. The second-order valence-corrected chi connectivity index (χ2v) is 5.46. The number of benzene rings is 1. The summed E-state index contributed by atoms with van der Waals surface area (Å²) in [4.78, 5) is 30.4. The Hall–Kier alpha value is -2.30. The molecule has 0 atom stereocenters. The molecule has 0 spiro atoms. The fraction of sp³-hybridized carbons (Fsp3) is 0.375. The average Bonchev–Trinajstić information content (AvgIpc) is 2.95. The Morgan fingerprint density at radius 1 is 1.10 bits per heavy atom. The predicted molar refractivity (Wildman–Crippen MR) is 80.8 cm³/mol. The van der Waals surface area contributed by atoms with Crippen LogP contribution >= 0.6 is 0 Å². The third-order valence-electron chi connectivity index (χ3n) is 4.05. The largest absolute Gasteiger partial charge is 0.361 e. The van der Waals surface area contributed by atoms with Crippen LogP contribution in [0.25, 0.3) is 10.9 Å². The van der Waals surface area contributed by atoms with E-state index in [1.807, 2.05) is 35.4 Å². The molecular formula is C16H19N3O2. The summed E-state index contributed by atoms with van der Waals surface area (Å²) < 4.78 is 0. The highest BCUT2D eigenvalue weighted by Crippen LogP contribution is 2.15. The van der Waals surface area contributed by atoms with E-state index in [9.17, 15) is 9.59 Å². The van der Waals surface area contributed by atoms with Crippen LogP contribution in [0.5, 0.6) is 0 Å². The maximum absolute atomic E-state index is 12.3. The summed E-state index contributed by atoms with van der Waals surface area (Å²) >= 11 is 0. The van der Waals surface area contributed by atoms with Crippen molar-refractivity contribution in [2.75, 3.05) is 26.2 Å². The number of nitrogens with one attached hydrogen (secondary N) is 1. The lowest BCUT2D eigenvalue weighted by Crippen LogP contribution is -2.50. The van der Waals surface area contributed by atoms with E-state index in [4.69, 9.17) is 0 Å². The Morgan fingerprint density at radius 2 is 1.81 bits per heavy atom. The van der Waals surface area contributed by atoms with Gasteiger partial charge in [0.1, 0.15) is 0 Å². The number of nitrogens with zero attached hydrogens (tertiary/aromatic N) is 2. The first-order valence-corrected chi connectivity index (χ1v) is 7.23. The molecule has 1 aliphatic heterocycles. The van der Waals surface area contributed by atoms with Crippen molar-refractivity contribution in [2.45, 2.75) is 13.3 Å². The Balaban J connectivity index is 1.62. The topological polar surface area (TPSA) is 56.4 Å². The van der Waals surface area contributed by atoms with E-state index in [1.54, 1.807) is 11.8 Å². The number of piperazine rings is 1. The first kappa shape index (κ1) is 13.7. The smallest absolute Gasteiger partial charge is 0.227 e. The molecular weight excluding hydrogens is 266 g/mol. The number of hydrogen-bond donors (Lipinski definition) is 1. The Kier molecular flexibility index (Phi) is 3.64. The maximum atomic E-state index is 12.3. The summed E-state index contributed by atoms with van der Waals surface area (Å²) in [5.74, 6) is 0.211. The number of amides is 2. The molecule has 0 unspecified atom stereocenters. The molecule has 2 heterocycles. The summed E-state index contributed by atoms with van der Waals surface area (Å²) in [6, 6.07) is 8.07. The van der Waals surface area contributed by atoms with Gasteiger partial charge in [0.15, 0.2) is 0 Å². The Labute approximate surface area is 123 Å². The second kappa shape index (κ2) is 5.60. The molecule has 5 heteroatoms. The highest BCUT2D eigenvalue weighted by molar-refractivity contribution is 5.83. The molecule has 0 aliphatic carbocycles. The standard InChI is InChI=1S/C16H19N3O2/c1-12(20)18-6-8-19(9-7-18)16(21)11-13-2-3-14-4-5-17-15(14)10-13/h2-5,10,17H,6-9,11H2,1H3. The molecule has 0 radical (unpaired) electrons. The van der Waals surface area contributed by atoms with Crippen LogP contribution in [0.2, 0.25) is 0 Å². The number of carbonyl (C=O) groups excluding carboxylic acids is 2. The monoisotopic (exact) mass is 285 g/mol. The molecule has 1 aromatic heterocycles. The van der Waals surface area contributed by atoms with Crippen molar-refractivity contribution in [3.8, 4) is 0 Å². The van der Waals surface area contributed by atoms with Gasteiger partial charge < -0.3 is 14.8 Å². The number of aromatic amines is 1. The Morgan fingerprint density at radius 3 is 2.52 bits per heavy atom. The van der Waals surface area contributed by atoms with E-state index in [0.29, 0.717) is 32.6 Å². The average molecular weight is 285 g/mol. The lowest BCUT2D eigenvalue weighted by Gasteiger charge is -2.34. The number of hydrogen-bond acceptors (Lipinski definition) is 2. The summed E-state index contributed by atoms with van der Waals surface area (Å²) in [5, 5.41) is 1.15. The van der Waals surface area contributed by atoms with Gasteiger partial charge in [-0.05, 0) is 23.1 Å². The van der Waals surface area contributed by atoms with Crippen LogP contribution in [0.3, 0.4) is 0 Å². The van der Waals surface area contributed by atoms with E-state index < -0.39 is 0 Å². The van der Waals surface area contributed by atoms with Crippen LogP contribution in [-0.4, -0.2) is 52.8 Å². The molecule has 5 nitrogen and oxygen atoms in total. The van der Waals surface area contributed by atoms with Gasteiger partial charge in [0, 0.05) is 44.8 Å². The molecule has 21 heavy (non-hydrogen) atoms. The third kappa shape index (κ3) is 2.91. The quantitative estimate of drug-likeness (QED) is 0.907. The molecule has 1 saturated heterocycles. The number of carbonyl (C=O) groups is 2. The first-order valence-electron chi connectivity index (χ1n) is 7.23. The summed E-state index contributed by atoms with van der Waals surface area (Å²) in [6.07, 6.45) is 2.31. The molecule has 1 N–H and O–H groups in total. The van der Waals surface area contributed by atoms with Gasteiger partial charge in [-0.2, -0.15) is 0 Å². The van der Waals surface area contributed by atoms with Crippen LogP contribution in [-0.2, 0) is 16.0 Å².